The van der Waals surface area contributed by atoms with E-state index >= 15 is 0 Å². The number of hydrogen-bond acceptors (Lipinski definition) is 10. The van der Waals surface area contributed by atoms with Crippen LogP contribution in [0.2, 0.25) is 5.15 Å². The summed E-state index contributed by atoms with van der Waals surface area (Å²) in [6.07, 6.45) is 1.82. The lowest BCUT2D eigenvalue weighted by atomic mass is 9.98. The van der Waals surface area contributed by atoms with E-state index in [1.807, 2.05) is 53.1 Å². The number of imidazole rings is 1. The Labute approximate surface area is 240 Å². The molecule has 0 aliphatic heterocycles. The number of nitrogens with one attached hydrogen (secondary N) is 1. The molecule has 0 aliphatic rings. The van der Waals surface area contributed by atoms with Gasteiger partial charge in [0.05, 0.1) is 12.3 Å². The molecule has 0 fully saturated rings. The minimum atomic E-state index is -0.908. The van der Waals surface area contributed by atoms with Gasteiger partial charge in [-0.2, -0.15) is 5.21 Å². The van der Waals surface area contributed by atoms with Crippen LogP contribution in [-0.4, -0.2) is 60.5 Å². The largest absolute Gasteiger partial charge is 0.457 e. The molecule has 0 spiro atoms. The van der Waals surface area contributed by atoms with E-state index in [9.17, 15) is 14.9 Å². The third-order valence-electron chi connectivity index (χ3n) is 6.18. The number of unbranched alkanes of at least 4 members (excludes halogenated alkanes) is 1. The van der Waals surface area contributed by atoms with Crippen molar-refractivity contribution in [3.63, 3.8) is 0 Å². The van der Waals surface area contributed by atoms with Crippen molar-refractivity contribution in [2.24, 2.45) is 0 Å². The molecule has 0 radical (unpaired) electrons. The van der Waals surface area contributed by atoms with Gasteiger partial charge in [0.1, 0.15) is 25.1 Å². The van der Waals surface area contributed by atoms with E-state index in [4.69, 9.17) is 21.1 Å². The molecule has 0 saturated heterocycles. The number of benzene rings is 2. The molecule has 2 heterocycles. The van der Waals surface area contributed by atoms with Crippen LogP contribution < -0.4 is 0 Å². The molecule has 4 aromatic rings. The molecule has 0 aliphatic carbocycles. The van der Waals surface area contributed by atoms with Crippen LogP contribution in [0.25, 0.3) is 22.5 Å². The fourth-order valence-corrected chi connectivity index (χ4v) is 4.46. The molecule has 1 atom stereocenters. The molecule has 41 heavy (non-hydrogen) atoms. The Morgan fingerprint density at radius 3 is 2.61 bits per heavy atom. The van der Waals surface area contributed by atoms with Gasteiger partial charge in [-0.25, -0.2) is 9.78 Å². The highest BCUT2D eigenvalue weighted by atomic mass is 35.5. The zero-order valence-corrected chi connectivity index (χ0v) is 23.4. The Bertz CT molecular complexity index is 1440. The normalized spacial score (nSPS) is 11.8. The lowest BCUT2D eigenvalue weighted by Gasteiger charge is -2.14. The third kappa shape index (κ3) is 8.08. The molecule has 2 aromatic heterocycles. The topological polar surface area (TPSA) is 160 Å². The molecule has 0 amide bonds. The molecule has 0 saturated carbocycles. The molecule has 14 heteroatoms. The van der Waals surface area contributed by atoms with Crippen LogP contribution in [-0.2, 0) is 38.7 Å². The second-order valence-corrected chi connectivity index (χ2v) is 9.61. The maximum atomic E-state index is 12.3. The van der Waals surface area contributed by atoms with Crippen molar-refractivity contribution in [1.29, 1.82) is 0 Å². The van der Waals surface area contributed by atoms with Gasteiger partial charge >= 0.3 is 5.97 Å². The van der Waals surface area contributed by atoms with E-state index in [0.717, 1.165) is 47.3 Å². The monoisotopic (exact) mass is 583 g/mol. The summed E-state index contributed by atoms with van der Waals surface area (Å²) < 4.78 is 12.5. The van der Waals surface area contributed by atoms with Crippen molar-refractivity contribution in [3.05, 3.63) is 80.9 Å². The molecule has 216 valence electrons. The third-order valence-corrected chi connectivity index (χ3v) is 6.49. The van der Waals surface area contributed by atoms with Gasteiger partial charge in [-0.1, -0.05) is 73.5 Å². The van der Waals surface area contributed by atoms with Crippen molar-refractivity contribution < 1.29 is 24.2 Å². The molecular formula is C27H30ClN7O6. The predicted molar refractivity (Wildman–Crippen MR) is 148 cm³/mol. The van der Waals surface area contributed by atoms with Crippen LogP contribution in [0, 0.1) is 10.1 Å². The number of aromatic nitrogens is 6. The van der Waals surface area contributed by atoms with Gasteiger partial charge in [-0.15, -0.1) is 20.3 Å². The first kappa shape index (κ1) is 29.6. The number of esters is 1. The van der Waals surface area contributed by atoms with Gasteiger partial charge in [0.15, 0.2) is 5.15 Å². The fourth-order valence-electron chi connectivity index (χ4n) is 4.21. The number of ether oxygens (including phenoxy) is 2. The number of tetrazole rings is 1. The quantitative estimate of drug-likeness (QED) is 0.120. The Balaban J connectivity index is 1.46. The van der Waals surface area contributed by atoms with Gasteiger partial charge in [0.25, 0.3) is 5.09 Å². The number of carbonyl (C=O) groups excluding carboxylic acids is 1. The lowest BCUT2D eigenvalue weighted by Crippen LogP contribution is -2.22. The first-order chi connectivity index (χ1) is 19.9. The second kappa shape index (κ2) is 14.3. The molecule has 0 bridgehead atoms. The maximum Gasteiger partial charge on any atom is 0.332 e. The maximum absolute atomic E-state index is 12.3. The van der Waals surface area contributed by atoms with E-state index in [1.54, 1.807) is 0 Å². The fraction of sp³-hybridized carbons (Fsp3) is 0.370. The van der Waals surface area contributed by atoms with Crippen molar-refractivity contribution >= 4 is 17.6 Å². The summed E-state index contributed by atoms with van der Waals surface area (Å²) in [4.78, 5) is 31.5. The molecule has 13 nitrogen and oxygen atoms in total. The molecule has 4 rings (SSSR count). The Kier molecular flexibility index (Phi) is 10.3. The number of H-pyrrole nitrogens is 1. The van der Waals surface area contributed by atoms with Crippen LogP contribution in [0.5, 0.6) is 0 Å². The summed E-state index contributed by atoms with van der Waals surface area (Å²) in [7, 11) is 0. The Hall–Kier alpha value is -4.36. The summed E-state index contributed by atoms with van der Waals surface area (Å²) in [6.45, 7) is 3.42. The Morgan fingerprint density at radius 2 is 1.93 bits per heavy atom. The van der Waals surface area contributed by atoms with Crippen molar-refractivity contribution in [2.45, 2.75) is 52.4 Å². The summed E-state index contributed by atoms with van der Waals surface area (Å²) in [6, 6.07) is 15.9. The number of carbonyl (C=O) groups is 1. The van der Waals surface area contributed by atoms with Gasteiger partial charge in [0.2, 0.25) is 5.82 Å². The van der Waals surface area contributed by atoms with Crippen molar-refractivity contribution in [3.8, 4) is 22.5 Å². The second-order valence-electron chi connectivity index (χ2n) is 9.25. The SMILES string of the molecule is CCCCc1nc(Cl)c(COC(=O)COC[C@H](C)O[N+](=O)[O-])n1Cc1ccc(-c2ccccc2-c2nn[nH]n2)cc1. The van der Waals surface area contributed by atoms with Crippen molar-refractivity contribution in [1.82, 2.24) is 30.2 Å². The number of aromatic amines is 1. The smallest absolute Gasteiger partial charge is 0.332 e. The summed E-state index contributed by atoms with van der Waals surface area (Å²) in [5.74, 6) is 0.681. The van der Waals surface area contributed by atoms with Crippen molar-refractivity contribution in [2.75, 3.05) is 13.2 Å². The van der Waals surface area contributed by atoms with Gasteiger partial charge in [-0.05, 0) is 35.2 Å². The number of aryl methyl sites for hydroxylation is 1. The minimum Gasteiger partial charge on any atom is -0.457 e. The molecule has 2 aromatic carbocycles. The standard InChI is InChI=1S/C27H30ClN7O6/c1-3-4-9-24-29-26(28)23(16-40-25(36)17-39-15-18(2)41-35(37)38)34(24)14-19-10-12-20(13-11-19)21-7-5-6-8-22(21)27-30-32-33-31-27/h5-8,10-13,18H,3-4,9,14-17H2,1-2H3,(H,30,31,32,33)/t18-/m0/s1. The highest BCUT2D eigenvalue weighted by Gasteiger charge is 2.19. The minimum absolute atomic E-state index is 0.0999. The highest BCUT2D eigenvalue weighted by Crippen LogP contribution is 2.30. The first-order valence-corrected chi connectivity index (χ1v) is 13.4. The number of rotatable bonds is 15. The molecular weight excluding hydrogens is 554 g/mol. The zero-order valence-electron chi connectivity index (χ0n) is 22.7. The van der Waals surface area contributed by atoms with Crippen LogP contribution in [0.15, 0.2) is 48.5 Å². The number of nitrogens with zero attached hydrogens (tertiary/aromatic N) is 6. The molecule has 1 N–H and O–H groups in total. The van der Waals surface area contributed by atoms with Crippen LogP contribution >= 0.6 is 11.6 Å². The van der Waals surface area contributed by atoms with Gasteiger partial charge in [-0.3, -0.25) is 0 Å². The highest BCUT2D eigenvalue weighted by molar-refractivity contribution is 6.30. The van der Waals surface area contributed by atoms with Crippen LogP contribution in [0.4, 0.5) is 0 Å². The molecule has 0 unspecified atom stereocenters. The van der Waals surface area contributed by atoms with E-state index in [-0.39, 0.29) is 25.0 Å². The van der Waals surface area contributed by atoms with E-state index < -0.39 is 17.2 Å². The van der Waals surface area contributed by atoms with Gasteiger partial charge < -0.3 is 18.9 Å². The Morgan fingerprint density at radius 1 is 1.17 bits per heavy atom. The first-order valence-electron chi connectivity index (χ1n) is 13.1. The van der Waals surface area contributed by atoms with E-state index in [1.165, 1.54) is 6.92 Å². The van der Waals surface area contributed by atoms with Gasteiger partial charge in [0, 0.05) is 18.5 Å². The number of halogens is 1. The van der Waals surface area contributed by atoms with Crippen LogP contribution in [0.1, 0.15) is 43.8 Å². The zero-order chi connectivity index (χ0) is 29.2. The number of hydrogen-bond donors (Lipinski definition) is 1. The summed E-state index contributed by atoms with van der Waals surface area (Å²) in [5, 5.41) is 24.1. The summed E-state index contributed by atoms with van der Waals surface area (Å²) in [5.41, 5.74) is 4.42. The average Bonchev–Trinajstić information content (AvgIpc) is 3.59. The van der Waals surface area contributed by atoms with E-state index in [2.05, 4.69) is 37.4 Å². The van der Waals surface area contributed by atoms with Crippen LogP contribution in [0.3, 0.4) is 0 Å². The van der Waals surface area contributed by atoms with E-state index in [0.29, 0.717) is 18.1 Å². The summed E-state index contributed by atoms with van der Waals surface area (Å²) >= 11 is 6.49. The average molecular weight is 584 g/mol. The predicted octanol–water partition coefficient (Wildman–Crippen LogP) is 4.43. The lowest BCUT2D eigenvalue weighted by molar-refractivity contribution is -0.768.